The highest BCUT2D eigenvalue weighted by Gasteiger charge is 2.16. The molecule has 1 aliphatic heterocycles. The van der Waals surface area contributed by atoms with Crippen LogP contribution in [0.2, 0.25) is 0 Å². The van der Waals surface area contributed by atoms with Gasteiger partial charge in [-0.25, -0.2) is 0 Å². The maximum absolute atomic E-state index is 12.2. The molecule has 1 aliphatic rings. The Morgan fingerprint density at radius 3 is 2.64 bits per heavy atom. The number of rotatable bonds is 3. The van der Waals surface area contributed by atoms with E-state index in [1.807, 2.05) is 19.9 Å². The Labute approximate surface area is 129 Å². The molecule has 3 heterocycles. The van der Waals surface area contributed by atoms with Gasteiger partial charge in [-0.05, 0) is 18.3 Å². The van der Waals surface area contributed by atoms with Crippen molar-refractivity contribution in [3.05, 3.63) is 45.8 Å². The summed E-state index contributed by atoms with van der Waals surface area (Å²) in [5, 5.41) is 7.69. The molecule has 0 aliphatic carbocycles. The van der Waals surface area contributed by atoms with E-state index in [9.17, 15) is 4.79 Å². The van der Waals surface area contributed by atoms with Gasteiger partial charge in [0.2, 0.25) is 5.78 Å². The summed E-state index contributed by atoms with van der Waals surface area (Å²) in [5.41, 5.74) is 2.72. The number of fused-ring (bicyclic) bond motifs is 1. The molecular formula is C16H21N5O. The smallest absolute Gasteiger partial charge is 0.275 e. The molecule has 6 heteroatoms. The maximum atomic E-state index is 12.2. The third kappa shape index (κ3) is 2.56. The number of nitrogens with one attached hydrogen (secondary N) is 2. The van der Waals surface area contributed by atoms with Crippen LogP contribution in [0.4, 0.5) is 0 Å². The van der Waals surface area contributed by atoms with E-state index in [0.717, 1.165) is 23.5 Å². The highest BCUT2D eigenvalue weighted by molar-refractivity contribution is 5.62. The second-order valence-corrected chi connectivity index (χ2v) is 6.18. The fourth-order valence-corrected chi connectivity index (χ4v) is 2.42. The number of aromatic nitrogens is 4. The van der Waals surface area contributed by atoms with Crippen molar-refractivity contribution in [3.63, 3.8) is 0 Å². The van der Waals surface area contributed by atoms with Gasteiger partial charge < -0.3 is 10.3 Å². The molecule has 2 aromatic rings. The van der Waals surface area contributed by atoms with Crippen LogP contribution in [0.25, 0.3) is 11.5 Å². The van der Waals surface area contributed by atoms with Crippen molar-refractivity contribution < 1.29 is 0 Å². The molecule has 0 radical (unpaired) electrons. The predicted molar refractivity (Wildman–Crippen MR) is 86.3 cm³/mol. The van der Waals surface area contributed by atoms with Gasteiger partial charge in [-0.2, -0.15) is 9.50 Å². The number of aromatic amines is 1. The molecule has 0 amide bonds. The third-order valence-electron chi connectivity index (χ3n) is 3.77. The van der Waals surface area contributed by atoms with Crippen LogP contribution in [0.5, 0.6) is 0 Å². The van der Waals surface area contributed by atoms with Crippen molar-refractivity contribution in [2.45, 2.75) is 40.0 Å². The largest absolute Gasteiger partial charge is 0.356 e. The van der Waals surface area contributed by atoms with Gasteiger partial charge in [-0.1, -0.05) is 39.8 Å². The molecule has 6 nitrogen and oxygen atoms in total. The lowest BCUT2D eigenvalue weighted by atomic mass is 10.1. The summed E-state index contributed by atoms with van der Waals surface area (Å²) in [6.07, 6.45) is 5.04. The number of H-pyrrole nitrogens is 1. The van der Waals surface area contributed by atoms with Crippen molar-refractivity contribution in [3.8, 4) is 0 Å². The second-order valence-electron chi connectivity index (χ2n) is 6.18. The molecule has 2 N–H and O–H groups in total. The zero-order valence-electron chi connectivity index (χ0n) is 13.3. The number of hydrogen-bond acceptors (Lipinski definition) is 4. The van der Waals surface area contributed by atoms with Crippen LogP contribution in [0.15, 0.2) is 28.7 Å². The Kier molecular flexibility index (Phi) is 3.60. The van der Waals surface area contributed by atoms with Gasteiger partial charge in [0, 0.05) is 17.5 Å². The third-order valence-corrected chi connectivity index (χ3v) is 3.77. The van der Waals surface area contributed by atoms with Gasteiger partial charge in [-0.15, -0.1) is 5.10 Å². The van der Waals surface area contributed by atoms with Crippen LogP contribution in [-0.2, 0) is 0 Å². The standard InChI is InChI=1S/C16H21N5O/c1-9(2)11-6-5-7-12(17-11)15-19-16-18-13(10(3)4)8-14(22)21(16)20-15/h6-10,17H,5H2,1-4H3,(H,18,19,20). The van der Waals surface area contributed by atoms with E-state index in [-0.39, 0.29) is 11.5 Å². The monoisotopic (exact) mass is 299 g/mol. The summed E-state index contributed by atoms with van der Waals surface area (Å²) >= 11 is 0. The fourth-order valence-electron chi connectivity index (χ4n) is 2.42. The fraction of sp³-hybridized carbons (Fsp3) is 0.438. The molecule has 2 aromatic heterocycles. The van der Waals surface area contributed by atoms with E-state index in [4.69, 9.17) is 0 Å². The van der Waals surface area contributed by atoms with E-state index < -0.39 is 0 Å². The van der Waals surface area contributed by atoms with Crippen LogP contribution in [0.1, 0.15) is 51.6 Å². The average molecular weight is 299 g/mol. The lowest BCUT2D eigenvalue weighted by Gasteiger charge is -2.18. The summed E-state index contributed by atoms with van der Waals surface area (Å²) in [4.78, 5) is 19.8. The first-order chi connectivity index (χ1) is 10.5. The molecule has 22 heavy (non-hydrogen) atoms. The minimum absolute atomic E-state index is 0.160. The minimum atomic E-state index is -0.160. The van der Waals surface area contributed by atoms with Crippen LogP contribution in [-0.4, -0.2) is 19.6 Å². The molecule has 0 atom stereocenters. The number of nitrogens with zero attached hydrogens (tertiary/aromatic N) is 3. The minimum Gasteiger partial charge on any atom is -0.356 e. The molecule has 0 fully saturated rings. The highest BCUT2D eigenvalue weighted by atomic mass is 16.1. The maximum Gasteiger partial charge on any atom is 0.275 e. The molecule has 0 spiro atoms. The quantitative estimate of drug-likeness (QED) is 0.912. The van der Waals surface area contributed by atoms with Gasteiger partial charge in [0.15, 0.2) is 5.82 Å². The van der Waals surface area contributed by atoms with Crippen LogP contribution in [0.3, 0.4) is 0 Å². The van der Waals surface area contributed by atoms with Crippen LogP contribution < -0.4 is 10.9 Å². The molecule has 116 valence electrons. The summed E-state index contributed by atoms with van der Waals surface area (Å²) in [6.45, 7) is 8.34. The van der Waals surface area contributed by atoms with Crippen LogP contribution in [0, 0.1) is 5.92 Å². The Morgan fingerprint density at radius 1 is 1.18 bits per heavy atom. The SMILES string of the molecule is CC(C)C1=CCC=C(c2nc3[nH]c(C(C)C)cc(=O)n3n2)N1. The number of dihydropyridines is 1. The molecular weight excluding hydrogens is 278 g/mol. The molecule has 0 aromatic carbocycles. The van der Waals surface area contributed by atoms with E-state index in [2.05, 4.69) is 40.3 Å². The number of allylic oxidation sites excluding steroid dienone is 3. The van der Waals surface area contributed by atoms with Crippen molar-refractivity contribution >= 4 is 11.5 Å². The Balaban J connectivity index is 2.01. The topological polar surface area (TPSA) is 75.1 Å². The van der Waals surface area contributed by atoms with E-state index in [0.29, 0.717) is 17.5 Å². The Bertz CT molecular complexity index is 823. The zero-order valence-corrected chi connectivity index (χ0v) is 13.3. The van der Waals surface area contributed by atoms with Crippen molar-refractivity contribution in [2.75, 3.05) is 0 Å². The first-order valence-electron chi connectivity index (χ1n) is 7.63. The molecule has 0 bridgehead atoms. The van der Waals surface area contributed by atoms with E-state index >= 15 is 0 Å². The van der Waals surface area contributed by atoms with Gasteiger partial charge >= 0.3 is 0 Å². The van der Waals surface area contributed by atoms with Gasteiger partial charge in [0.05, 0.1) is 5.70 Å². The lowest BCUT2D eigenvalue weighted by Crippen LogP contribution is -2.20. The van der Waals surface area contributed by atoms with Crippen LogP contribution >= 0.6 is 0 Å². The Morgan fingerprint density at radius 2 is 1.95 bits per heavy atom. The molecule has 3 rings (SSSR count). The Hall–Kier alpha value is -2.37. The van der Waals surface area contributed by atoms with Crippen molar-refractivity contribution in [1.82, 2.24) is 24.9 Å². The van der Waals surface area contributed by atoms with Crippen molar-refractivity contribution in [1.29, 1.82) is 0 Å². The lowest BCUT2D eigenvalue weighted by molar-refractivity contribution is 0.706. The summed E-state index contributed by atoms with van der Waals surface area (Å²) < 4.78 is 1.32. The molecule has 0 unspecified atom stereocenters. The average Bonchev–Trinajstić information content (AvgIpc) is 2.92. The van der Waals surface area contributed by atoms with Gasteiger partial charge in [0.1, 0.15) is 0 Å². The molecule has 0 saturated carbocycles. The van der Waals surface area contributed by atoms with Gasteiger partial charge in [-0.3, -0.25) is 4.79 Å². The van der Waals surface area contributed by atoms with E-state index in [1.54, 1.807) is 6.07 Å². The van der Waals surface area contributed by atoms with Crippen molar-refractivity contribution in [2.24, 2.45) is 5.92 Å². The first-order valence-corrected chi connectivity index (χ1v) is 7.63. The normalized spacial score (nSPS) is 15.2. The number of hydrogen-bond donors (Lipinski definition) is 2. The first kappa shape index (κ1) is 14.6. The summed E-state index contributed by atoms with van der Waals surface area (Å²) in [5.74, 6) is 1.67. The zero-order chi connectivity index (χ0) is 15.9. The van der Waals surface area contributed by atoms with E-state index in [1.165, 1.54) is 4.52 Å². The summed E-state index contributed by atoms with van der Waals surface area (Å²) in [6, 6.07) is 1.58. The predicted octanol–water partition coefficient (Wildman–Crippen LogP) is 2.42. The second kappa shape index (κ2) is 5.44. The van der Waals surface area contributed by atoms with Gasteiger partial charge in [0.25, 0.3) is 5.56 Å². The highest BCUT2D eigenvalue weighted by Crippen LogP contribution is 2.20. The summed E-state index contributed by atoms with van der Waals surface area (Å²) in [7, 11) is 0. The molecule has 0 saturated heterocycles.